The summed E-state index contributed by atoms with van der Waals surface area (Å²) in [5, 5.41) is 15.6. The Morgan fingerprint density at radius 2 is 1.90 bits per heavy atom. The lowest BCUT2D eigenvalue weighted by Crippen LogP contribution is -2.02. The predicted octanol–water partition coefficient (Wildman–Crippen LogP) is 5.68. The third-order valence-electron chi connectivity index (χ3n) is 5.40. The van der Waals surface area contributed by atoms with E-state index < -0.39 is 5.97 Å². The van der Waals surface area contributed by atoms with E-state index in [-0.39, 0.29) is 5.56 Å². The Hall–Kier alpha value is -3.25. The normalized spacial score (nSPS) is 13.2. The van der Waals surface area contributed by atoms with E-state index in [9.17, 15) is 9.90 Å². The van der Waals surface area contributed by atoms with Gasteiger partial charge in [0.1, 0.15) is 17.0 Å². The lowest BCUT2D eigenvalue weighted by molar-refractivity contribution is 0.0697. The number of carboxylic acids is 1. The van der Waals surface area contributed by atoms with Crippen molar-refractivity contribution in [2.75, 3.05) is 5.32 Å². The van der Waals surface area contributed by atoms with Gasteiger partial charge in [-0.15, -0.1) is 11.3 Å². The Kier molecular flexibility index (Phi) is 4.48. The number of nitrogens with zero attached hydrogens (tertiary/aromatic N) is 2. The summed E-state index contributed by atoms with van der Waals surface area (Å²) in [7, 11) is 0. The Labute approximate surface area is 172 Å². The summed E-state index contributed by atoms with van der Waals surface area (Å²) >= 11 is 1.59. The molecule has 0 saturated carbocycles. The van der Waals surface area contributed by atoms with E-state index in [2.05, 4.69) is 38.9 Å². The molecular weight excluding hydrogens is 382 g/mol. The molecule has 144 valence electrons. The van der Waals surface area contributed by atoms with Crippen LogP contribution >= 0.6 is 11.3 Å². The fourth-order valence-corrected chi connectivity index (χ4v) is 4.87. The molecule has 2 heterocycles. The highest BCUT2D eigenvalue weighted by atomic mass is 32.1. The Balaban J connectivity index is 1.59. The Morgan fingerprint density at radius 1 is 1.03 bits per heavy atom. The number of aryl methyl sites for hydroxylation is 2. The molecule has 0 aliphatic heterocycles. The van der Waals surface area contributed by atoms with E-state index in [0.29, 0.717) is 11.5 Å². The monoisotopic (exact) mass is 401 g/mol. The van der Waals surface area contributed by atoms with Crippen molar-refractivity contribution in [3.05, 3.63) is 70.9 Å². The molecule has 1 aliphatic carbocycles. The zero-order chi connectivity index (χ0) is 19.8. The number of nitrogens with one attached hydrogen (secondary N) is 1. The van der Waals surface area contributed by atoms with Crippen LogP contribution in [0.15, 0.2) is 54.2 Å². The van der Waals surface area contributed by atoms with E-state index in [1.807, 2.05) is 6.07 Å². The molecule has 5 nitrogen and oxygen atoms in total. The maximum Gasteiger partial charge on any atom is 0.335 e. The molecule has 2 N–H and O–H groups in total. The highest BCUT2D eigenvalue weighted by Gasteiger charge is 2.16. The first-order chi connectivity index (χ1) is 14.2. The van der Waals surface area contributed by atoms with Crippen LogP contribution in [-0.4, -0.2) is 21.0 Å². The van der Waals surface area contributed by atoms with Crippen molar-refractivity contribution in [3.8, 4) is 11.1 Å². The van der Waals surface area contributed by atoms with E-state index in [1.165, 1.54) is 29.5 Å². The van der Waals surface area contributed by atoms with Crippen LogP contribution in [-0.2, 0) is 12.8 Å². The molecule has 5 rings (SSSR count). The quantitative estimate of drug-likeness (QED) is 0.460. The number of aromatic carboxylic acids is 1. The number of benzene rings is 2. The molecule has 0 radical (unpaired) electrons. The largest absolute Gasteiger partial charge is 0.478 e. The molecule has 0 fully saturated rings. The van der Waals surface area contributed by atoms with Gasteiger partial charge in [-0.1, -0.05) is 24.3 Å². The van der Waals surface area contributed by atoms with Crippen molar-refractivity contribution in [3.63, 3.8) is 0 Å². The van der Waals surface area contributed by atoms with Gasteiger partial charge in [0.05, 0.1) is 10.9 Å². The van der Waals surface area contributed by atoms with Gasteiger partial charge in [-0.3, -0.25) is 0 Å². The number of carboxylic acid groups (broad SMARTS) is 1. The maximum absolute atomic E-state index is 11.3. The third kappa shape index (κ3) is 3.36. The van der Waals surface area contributed by atoms with Crippen molar-refractivity contribution in [1.29, 1.82) is 0 Å². The number of carbonyl (C=O) groups is 1. The lowest BCUT2D eigenvalue weighted by Gasteiger charge is -2.16. The summed E-state index contributed by atoms with van der Waals surface area (Å²) in [6.07, 6.45) is 6.35. The number of thiophene rings is 1. The number of aromatic nitrogens is 2. The first-order valence-electron chi connectivity index (χ1n) is 9.64. The maximum atomic E-state index is 11.3. The lowest BCUT2D eigenvalue weighted by atomic mass is 9.89. The van der Waals surface area contributed by atoms with Gasteiger partial charge in [-0.25, -0.2) is 14.8 Å². The Bertz CT molecular complexity index is 1230. The van der Waals surface area contributed by atoms with Crippen LogP contribution in [0.3, 0.4) is 0 Å². The van der Waals surface area contributed by atoms with Crippen LogP contribution in [0.5, 0.6) is 0 Å². The smallest absolute Gasteiger partial charge is 0.335 e. The minimum absolute atomic E-state index is 0.237. The number of hydrogen-bond donors (Lipinski definition) is 2. The van der Waals surface area contributed by atoms with Crippen molar-refractivity contribution >= 4 is 39.0 Å². The van der Waals surface area contributed by atoms with E-state index in [4.69, 9.17) is 0 Å². The molecule has 1 aliphatic rings. The van der Waals surface area contributed by atoms with Crippen LogP contribution < -0.4 is 5.32 Å². The molecule has 0 atom stereocenters. The molecule has 0 saturated heterocycles. The minimum atomic E-state index is -0.952. The van der Waals surface area contributed by atoms with E-state index >= 15 is 0 Å². The molecule has 4 aromatic rings. The van der Waals surface area contributed by atoms with Gasteiger partial charge in [0, 0.05) is 16.6 Å². The SMILES string of the molecule is O=C(O)c1cccc(Nc2ncnc3scc(-c4ccc5c(c4)CCCC5)c23)c1. The molecule has 2 aromatic carbocycles. The second-order valence-corrected chi connectivity index (χ2v) is 8.11. The van der Waals surface area contributed by atoms with Crippen molar-refractivity contribution in [2.24, 2.45) is 0 Å². The second kappa shape index (κ2) is 7.29. The minimum Gasteiger partial charge on any atom is -0.478 e. The van der Waals surface area contributed by atoms with Gasteiger partial charge in [-0.2, -0.15) is 0 Å². The van der Waals surface area contributed by atoms with Gasteiger partial charge in [0.25, 0.3) is 0 Å². The number of anilines is 2. The van der Waals surface area contributed by atoms with Crippen LogP contribution in [0.25, 0.3) is 21.3 Å². The topological polar surface area (TPSA) is 75.1 Å². The zero-order valence-corrected chi connectivity index (χ0v) is 16.5. The molecule has 0 spiro atoms. The average Bonchev–Trinajstić information content (AvgIpc) is 3.19. The first-order valence-corrected chi connectivity index (χ1v) is 10.5. The van der Waals surface area contributed by atoms with Gasteiger partial charge in [0.2, 0.25) is 0 Å². The number of hydrogen-bond acceptors (Lipinski definition) is 5. The Morgan fingerprint density at radius 3 is 2.76 bits per heavy atom. The molecule has 0 amide bonds. The first kappa shape index (κ1) is 17.8. The molecule has 0 bridgehead atoms. The van der Waals surface area contributed by atoms with Crippen LogP contribution in [0.2, 0.25) is 0 Å². The summed E-state index contributed by atoms with van der Waals surface area (Å²) in [5.74, 6) is -0.265. The van der Waals surface area contributed by atoms with Crippen molar-refractivity contribution in [1.82, 2.24) is 9.97 Å². The summed E-state index contributed by atoms with van der Waals surface area (Å²) in [5.41, 5.74) is 6.10. The van der Waals surface area contributed by atoms with Crippen LogP contribution in [0, 0.1) is 0 Å². The van der Waals surface area contributed by atoms with Crippen molar-refractivity contribution in [2.45, 2.75) is 25.7 Å². The number of rotatable bonds is 4. The van der Waals surface area contributed by atoms with Crippen LogP contribution in [0.4, 0.5) is 11.5 Å². The fraction of sp³-hybridized carbons (Fsp3) is 0.174. The van der Waals surface area contributed by atoms with E-state index in [0.717, 1.165) is 28.6 Å². The van der Waals surface area contributed by atoms with Gasteiger partial charge < -0.3 is 10.4 Å². The van der Waals surface area contributed by atoms with Gasteiger partial charge in [0.15, 0.2) is 0 Å². The summed E-state index contributed by atoms with van der Waals surface area (Å²) in [4.78, 5) is 21.1. The second-order valence-electron chi connectivity index (χ2n) is 7.25. The molecule has 2 aromatic heterocycles. The van der Waals surface area contributed by atoms with Gasteiger partial charge in [-0.05, 0) is 60.6 Å². The average molecular weight is 401 g/mol. The zero-order valence-electron chi connectivity index (χ0n) is 15.7. The van der Waals surface area contributed by atoms with Gasteiger partial charge >= 0.3 is 5.97 Å². The molecule has 29 heavy (non-hydrogen) atoms. The standard InChI is InChI=1S/C23H19N3O2S/c27-23(28)17-6-3-7-18(11-17)26-21-20-19(12-29-22(20)25-13-24-21)16-9-8-14-4-1-2-5-15(14)10-16/h3,6-13H,1-2,4-5H2,(H,27,28)(H,24,25,26). The summed E-state index contributed by atoms with van der Waals surface area (Å²) < 4.78 is 0. The molecule has 0 unspecified atom stereocenters. The molecule has 6 heteroatoms. The summed E-state index contributed by atoms with van der Waals surface area (Å²) in [6.45, 7) is 0. The highest BCUT2D eigenvalue weighted by molar-refractivity contribution is 7.17. The number of fused-ring (bicyclic) bond motifs is 2. The van der Waals surface area contributed by atoms with Crippen molar-refractivity contribution < 1.29 is 9.90 Å². The fourth-order valence-electron chi connectivity index (χ4n) is 3.95. The molecular formula is C23H19N3O2S. The van der Waals surface area contributed by atoms with Crippen LogP contribution in [0.1, 0.15) is 34.3 Å². The summed E-state index contributed by atoms with van der Waals surface area (Å²) in [6, 6.07) is 13.5. The van der Waals surface area contributed by atoms with E-state index in [1.54, 1.807) is 35.9 Å². The highest BCUT2D eigenvalue weighted by Crippen LogP contribution is 2.38. The third-order valence-corrected chi connectivity index (χ3v) is 6.29. The predicted molar refractivity (Wildman–Crippen MR) is 116 cm³/mol.